The number of nitrogens with zero attached hydrogens (tertiary/aromatic N) is 2. The summed E-state index contributed by atoms with van der Waals surface area (Å²) < 4.78 is 1.40. The van der Waals surface area contributed by atoms with Gasteiger partial charge in [-0.15, -0.1) is 0 Å². The zero-order valence-corrected chi connectivity index (χ0v) is 19.1. The van der Waals surface area contributed by atoms with Crippen molar-refractivity contribution in [2.24, 2.45) is 0 Å². The molecule has 1 fully saturated rings. The van der Waals surface area contributed by atoms with Crippen LogP contribution in [0.3, 0.4) is 0 Å². The second-order valence-corrected chi connectivity index (χ2v) is 8.64. The van der Waals surface area contributed by atoms with Crippen molar-refractivity contribution in [3.8, 4) is 11.3 Å². The first-order chi connectivity index (χ1) is 16.3. The van der Waals surface area contributed by atoms with Crippen LogP contribution in [0.25, 0.3) is 11.3 Å². The fourth-order valence-corrected chi connectivity index (χ4v) is 3.82. The maximum atomic E-state index is 13.3. The fourth-order valence-electron chi connectivity index (χ4n) is 3.82. The summed E-state index contributed by atoms with van der Waals surface area (Å²) >= 11 is 0. The minimum absolute atomic E-state index is 0.178. The van der Waals surface area contributed by atoms with Crippen LogP contribution in [0.2, 0.25) is 0 Å². The van der Waals surface area contributed by atoms with Gasteiger partial charge in [-0.2, -0.15) is 0 Å². The van der Waals surface area contributed by atoms with E-state index in [1.54, 1.807) is 31.3 Å². The lowest BCUT2D eigenvalue weighted by Crippen LogP contribution is -2.36. The van der Waals surface area contributed by atoms with Crippen molar-refractivity contribution >= 4 is 28.8 Å². The van der Waals surface area contributed by atoms with Crippen LogP contribution in [0.4, 0.5) is 17.2 Å². The summed E-state index contributed by atoms with van der Waals surface area (Å²) in [7, 11) is 0. The molecule has 0 atom stereocenters. The number of carbonyl (C=O) groups is 1. The highest BCUT2D eigenvalue weighted by Crippen LogP contribution is 2.25. The number of amides is 1. The van der Waals surface area contributed by atoms with Crippen LogP contribution in [0.15, 0.2) is 53.5 Å². The van der Waals surface area contributed by atoms with Crippen LogP contribution in [-0.4, -0.2) is 27.2 Å². The Morgan fingerprint density at radius 1 is 1.15 bits per heavy atom. The van der Waals surface area contributed by atoms with Gasteiger partial charge in [0.2, 0.25) is 5.91 Å². The molecule has 1 amide bonds. The van der Waals surface area contributed by atoms with E-state index in [4.69, 9.17) is 16.9 Å². The molecule has 9 nitrogen and oxygen atoms in total. The van der Waals surface area contributed by atoms with Crippen LogP contribution in [0.5, 0.6) is 0 Å². The molecule has 4 rings (SSSR count). The molecule has 1 aliphatic carbocycles. The Labute approximate surface area is 197 Å². The number of anilines is 3. The number of nitrogen functional groups attached to an aromatic ring is 2. The van der Waals surface area contributed by atoms with E-state index in [2.05, 4.69) is 15.6 Å². The van der Waals surface area contributed by atoms with Gasteiger partial charge in [0, 0.05) is 35.2 Å². The lowest BCUT2D eigenvalue weighted by Gasteiger charge is -2.27. The van der Waals surface area contributed by atoms with Crippen LogP contribution >= 0.6 is 0 Å². The molecule has 1 saturated carbocycles. The lowest BCUT2D eigenvalue weighted by molar-refractivity contribution is -0.121. The van der Waals surface area contributed by atoms with E-state index in [-0.39, 0.29) is 29.9 Å². The molecule has 0 aliphatic heterocycles. The summed E-state index contributed by atoms with van der Waals surface area (Å²) in [6.07, 6.45) is 4.67. The average Bonchev–Trinajstić information content (AvgIpc) is 2.76. The Morgan fingerprint density at radius 2 is 1.82 bits per heavy atom. The zero-order valence-electron chi connectivity index (χ0n) is 19.1. The van der Waals surface area contributed by atoms with Gasteiger partial charge in [-0.25, -0.2) is 4.98 Å². The van der Waals surface area contributed by atoms with Gasteiger partial charge in [0.15, 0.2) is 5.82 Å². The summed E-state index contributed by atoms with van der Waals surface area (Å²) in [6, 6.07) is 12.7. The third-order valence-electron chi connectivity index (χ3n) is 5.95. The molecule has 1 aliphatic rings. The van der Waals surface area contributed by atoms with E-state index >= 15 is 0 Å². The molecule has 0 bridgehead atoms. The van der Waals surface area contributed by atoms with Gasteiger partial charge in [0.1, 0.15) is 6.54 Å². The lowest BCUT2D eigenvalue weighted by atomic mass is 9.93. The molecule has 0 unspecified atom stereocenters. The van der Waals surface area contributed by atoms with E-state index in [1.807, 2.05) is 24.3 Å². The second-order valence-electron chi connectivity index (χ2n) is 8.64. The normalized spacial score (nSPS) is 13.2. The van der Waals surface area contributed by atoms with Crippen molar-refractivity contribution in [2.45, 2.75) is 45.3 Å². The number of benzene rings is 2. The first-order valence-electron chi connectivity index (χ1n) is 11.2. The summed E-state index contributed by atoms with van der Waals surface area (Å²) in [5, 5.41) is 13.7. The topological polar surface area (TPSA) is 152 Å². The van der Waals surface area contributed by atoms with E-state index in [0.29, 0.717) is 34.9 Å². The number of aromatic nitrogens is 2. The van der Waals surface area contributed by atoms with Gasteiger partial charge in [0.25, 0.3) is 5.56 Å². The van der Waals surface area contributed by atoms with Crippen molar-refractivity contribution in [2.75, 3.05) is 16.8 Å². The molecule has 3 aromatic rings. The van der Waals surface area contributed by atoms with Crippen LogP contribution in [0, 0.1) is 5.41 Å². The number of nitrogens with two attached hydrogens (primary N) is 2. The fraction of sp³-hybridized carbons (Fsp3) is 0.280. The third-order valence-corrected chi connectivity index (χ3v) is 5.95. The predicted octanol–water partition coefficient (Wildman–Crippen LogP) is 2.74. The molecule has 9 heteroatoms. The smallest absolute Gasteiger partial charge is 0.294 e. The van der Waals surface area contributed by atoms with E-state index in [1.165, 1.54) is 4.57 Å². The van der Waals surface area contributed by atoms with E-state index in [9.17, 15) is 9.59 Å². The summed E-state index contributed by atoms with van der Waals surface area (Å²) in [4.78, 5) is 30.5. The summed E-state index contributed by atoms with van der Waals surface area (Å²) in [5.74, 6) is -0.0796. The van der Waals surface area contributed by atoms with Gasteiger partial charge < -0.3 is 27.5 Å². The minimum Gasteiger partial charge on any atom is -0.399 e. The molecule has 0 saturated heterocycles. The highest BCUT2D eigenvalue weighted by atomic mass is 16.2. The first-order valence-corrected chi connectivity index (χ1v) is 11.2. The molecular formula is C25H29N7O2. The van der Waals surface area contributed by atoms with Gasteiger partial charge >= 0.3 is 0 Å². The maximum Gasteiger partial charge on any atom is 0.294 e. The first kappa shape index (κ1) is 23.0. The molecule has 34 heavy (non-hydrogen) atoms. The zero-order chi connectivity index (χ0) is 24.2. The van der Waals surface area contributed by atoms with Crippen molar-refractivity contribution in [1.82, 2.24) is 14.9 Å². The number of carbonyl (C=O) groups excluding carboxylic acids is 1. The molecule has 0 spiro atoms. The SMILES string of the molecule is CC(=N)c1ccc(CNC(=O)Cn2c(-c3cc(N)cc(N)c3)cnc(NC3CCC3)c2=O)cc1. The standard InChI is InChI=1S/C25H29N7O2/c1-15(26)17-7-5-16(6-8-17)12-29-23(33)14-32-22(18-9-19(27)11-20(28)10-18)13-30-24(25(32)34)31-21-3-2-4-21/h5-11,13,21,26H,2-4,12,14,27-28H2,1H3,(H,29,33)(H,30,31). The van der Waals surface area contributed by atoms with Crippen LogP contribution < -0.4 is 27.7 Å². The van der Waals surface area contributed by atoms with E-state index < -0.39 is 0 Å². The molecular weight excluding hydrogens is 430 g/mol. The third kappa shape index (κ3) is 5.25. The van der Waals surface area contributed by atoms with Gasteiger partial charge in [-0.3, -0.25) is 14.2 Å². The summed E-state index contributed by atoms with van der Waals surface area (Å²) in [5.41, 5.74) is 15.7. The molecule has 176 valence electrons. The van der Waals surface area contributed by atoms with Gasteiger partial charge in [-0.05, 0) is 55.5 Å². The quantitative estimate of drug-likeness (QED) is 0.258. The Balaban J connectivity index is 1.58. The van der Waals surface area contributed by atoms with Crippen LogP contribution in [0.1, 0.15) is 37.3 Å². The predicted molar refractivity (Wildman–Crippen MR) is 135 cm³/mol. The van der Waals surface area contributed by atoms with E-state index in [0.717, 1.165) is 30.4 Å². The summed E-state index contributed by atoms with van der Waals surface area (Å²) in [6.45, 7) is 1.86. The largest absolute Gasteiger partial charge is 0.399 e. The van der Waals surface area contributed by atoms with Crippen molar-refractivity contribution < 1.29 is 4.79 Å². The average molecular weight is 460 g/mol. The highest BCUT2D eigenvalue weighted by molar-refractivity contribution is 5.96. The number of rotatable bonds is 8. The number of nitrogens with one attached hydrogen (secondary N) is 3. The molecule has 1 aromatic heterocycles. The Morgan fingerprint density at radius 3 is 2.41 bits per heavy atom. The number of hydrogen-bond donors (Lipinski definition) is 5. The Hall–Kier alpha value is -4.14. The van der Waals surface area contributed by atoms with Gasteiger partial charge in [0.05, 0.1) is 11.9 Å². The Kier molecular flexibility index (Phi) is 6.62. The Bertz CT molecular complexity index is 1260. The molecule has 7 N–H and O–H groups in total. The van der Waals surface area contributed by atoms with Crippen LogP contribution in [-0.2, 0) is 17.9 Å². The maximum absolute atomic E-state index is 13.3. The molecule has 1 heterocycles. The monoisotopic (exact) mass is 459 g/mol. The highest BCUT2D eigenvalue weighted by Gasteiger charge is 2.21. The molecule has 0 radical (unpaired) electrons. The number of hydrogen-bond acceptors (Lipinski definition) is 7. The van der Waals surface area contributed by atoms with Crippen molar-refractivity contribution in [1.29, 1.82) is 5.41 Å². The van der Waals surface area contributed by atoms with Gasteiger partial charge in [-0.1, -0.05) is 24.3 Å². The second kappa shape index (κ2) is 9.78. The van der Waals surface area contributed by atoms with Crippen molar-refractivity contribution in [3.05, 3.63) is 70.1 Å². The van der Waals surface area contributed by atoms with Crippen molar-refractivity contribution in [3.63, 3.8) is 0 Å². The minimum atomic E-state index is -0.369. The molecule has 2 aromatic carbocycles.